The normalized spacial score (nSPS) is 17.3. The SMILES string of the molecule is CN(C)S(=O)(=O)c1ccc(C(=O)NC[C@H]2CCCN2c2ncccn2)cc1. The Morgan fingerprint density at radius 3 is 2.52 bits per heavy atom. The van der Waals surface area contributed by atoms with Crippen LogP contribution in [0.4, 0.5) is 5.95 Å². The van der Waals surface area contributed by atoms with Crippen molar-refractivity contribution < 1.29 is 13.2 Å². The van der Waals surface area contributed by atoms with Crippen LogP contribution in [0.15, 0.2) is 47.6 Å². The van der Waals surface area contributed by atoms with E-state index in [1.54, 1.807) is 18.5 Å². The van der Waals surface area contributed by atoms with Crippen LogP contribution in [0, 0.1) is 0 Å². The summed E-state index contributed by atoms with van der Waals surface area (Å²) in [6.45, 7) is 1.34. The smallest absolute Gasteiger partial charge is 0.251 e. The van der Waals surface area contributed by atoms with Crippen LogP contribution in [0.3, 0.4) is 0 Å². The van der Waals surface area contributed by atoms with Gasteiger partial charge in [-0.2, -0.15) is 0 Å². The predicted molar refractivity (Wildman–Crippen MR) is 102 cm³/mol. The number of carbonyl (C=O) groups excluding carboxylic acids is 1. The lowest BCUT2D eigenvalue weighted by molar-refractivity contribution is 0.0951. The number of benzene rings is 1. The van der Waals surface area contributed by atoms with E-state index >= 15 is 0 Å². The number of sulfonamides is 1. The number of amides is 1. The van der Waals surface area contributed by atoms with Crippen LogP contribution < -0.4 is 10.2 Å². The number of nitrogens with one attached hydrogen (secondary N) is 1. The van der Waals surface area contributed by atoms with Gasteiger partial charge in [0.15, 0.2) is 0 Å². The van der Waals surface area contributed by atoms with Crippen LogP contribution in [0.25, 0.3) is 0 Å². The molecule has 1 N–H and O–H groups in total. The number of anilines is 1. The highest BCUT2D eigenvalue weighted by molar-refractivity contribution is 7.89. The summed E-state index contributed by atoms with van der Waals surface area (Å²) in [4.78, 5) is 23.3. The lowest BCUT2D eigenvalue weighted by Gasteiger charge is -2.24. The fraction of sp³-hybridized carbons (Fsp3) is 0.389. The van der Waals surface area contributed by atoms with Gasteiger partial charge in [-0.3, -0.25) is 4.79 Å². The zero-order valence-corrected chi connectivity index (χ0v) is 16.2. The Bertz CT molecular complexity index is 885. The Labute approximate surface area is 159 Å². The minimum atomic E-state index is -3.50. The van der Waals surface area contributed by atoms with Crippen molar-refractivity contribution in [3.8, 4) is 0 Å². The average Bonchev–Trinajstić information content (AvgIpc) is 3.15. The van der Waals surface area contributed by atoms with E-state index in [0.717, 1.165) is 23.7 Å². The first-order valence-corrected chi connectivity index (χ1v) is 10.2. The molecule has 9 heteroatoms. The average molecular weight is 389 g/mol. The molecule has 0 aliphatic carbocycles. The van der Waals surface area contributed by atoms with Crippen molar-refractivity contribution >= 4 is 21.9 Å². The second-order valence-corrected chi connectivity index (χ2v) is 8.71. The first kappa shape index (κ1) is 19.2. The molecule has 0 radical (unpaired) electrons. The summed E-state index contributed by atoms with van der Waals surface area (Å²) in [6, 6.07) is 7.87. The van der Waals surface area contributed by atoms with Crippen molar-refractivity contribution in [2.75, 3.05) is 32.1 Å². The predicted octanol–water partition coefficient (Wildman–Crippen LogP) is 1.13. The molecule has 0 bridgehead atoms. The third-order valence-corrected chi connectivity index (χ3v) is 6.41. The van der Waals surface area contributed by atoms with Crippen LogP contribution in [0.2, 0.25) is 0 Å². The molecule has 1 aromatic heterocycles. The summed E-state index contributed by atoms with van der Waals surface area (Å²) in [5, 5.41) is 2.93. The molecule has 1 atom stereocenters. The van der Waals surface area contributed by atoms with E-state index in [1.807, 2.05) is 0 Å². The van der Waals surface area contributed by atoms with Gasteiger partial charge < -0.3 is 10.2 Å². The van der Waals surface area contributed by atoms with E-state index < -0.39 is 10.0 Å². The number of carbonyl (C=O) groups is 1. The standard InChI is InChI=1S/C18H23N5O3S/c1-22(2)27(25,26)16-8-6-14(7-9-16)17(24)21-13-15-5-3-12-23(15)18-19-10-4-11-20-18/h4,6-11,15H,3,5,12-13H2,1-2H3,(H,21,24)/t15-/m1/s1. The first-order valence-electron chi connectivity index (χ1n) is 8.74. The Hall–Kier alpha value is -2.52. The van der Waals surface area contributed by atoms with Gasteiger partial charge in [0.25, 0.3) is 5.91 Å². The molecule has 0 saturated carbocycles. The molecule has 1 amide bonds. The molecule has 1 aromatic carbocycles. The topological polar surface area (TPSA) is 95.5 Å². The number of nitrogens with zero attached hydrogens (tertiary/aromatic N) is 4. The van der Waals surface area contributed by atoms with Crippen molar-refractivity contribution in [3.63, 3.8) is 0 Å². The van der Waals surface area contributed by atoms with E-state index in [2.05, 4.69) is 20.2 Å². The molecular weight excluding hydrogens is 366 g/mol. The van der Waals surface area contributed by atoms with Crippen molar-refractivity contribution in [2.24, 2.45) is 0 Å². The van der Waals surface area contributed by atoms with Gasteiger partial charge in [0.05, 0.1) is 4.90 Å². The molecule has 2 aromatic rings. The molecule has 27 heavy (non-hydrogen) atoms. The maximum atomic E-state index is 12.4. The zero-order chi connectivity index (χ0) is 19.4. The Kier molecular flexibility index (Phi) is 5.71. The van der Waals surface area contributed by atoms with Crippen LogP contribution in [0.5, 0.6) is 0 Å². The third-order valence-electron chi connectivity index (χ3n) is 4.58. The zero-order valence-electron chi connectivity index (χ0n) is 15.4. The third kappa shape index (κ3) is 4.25. The summed E-state index contributed by atoms with van der Waals surface area (Å²) in [5.41, 5.74) is 0.424. The maximum absolute atomic E-state index is 12.4. The largest absolute Gasteiger partial charge is 0.350 e. The van der Waals surface area contributed by atoms with Crippen LogP contribution in [-0.2, 0) is 10.0 Å². The molecule has 144 valence electrons. The van der Waals surface area contributed by atoms with Gasteiger partial charge in [-0.1, -0.05) is 0 Å². The lowest BCUT2D eigenvalue weighted by Crippen LogP contribution is -2.41. The molecule has 1 fully saturated rings. The van der Waals surface area contributed by atoms with E-state index in [4.69, 9.17) is 0 Å². The quantitative estimate of drug-likeness (QED) is 0.796. The van der Waals surface area contributed by atoms with Gasteiger partial charge in [-0.15, -0.1) is 0 Å². The highest BCUT2D eigenvalue weighted by Gasteiger charge is 2.27. The minimum absolute atomic E-state index is 0.143. The number of aromatic nitrogens is 2. The summed E-state index contributed by atoms with van der Waals surface area (Å²) < 4.78 is 25.3. The fourth-order valence-corrected chi connectivity index (χ4v) is 3.95. The Morgan fingerprint density at radius 1 is 1.22 bits per heavy atom. The van der Waals surface area contributed by atoms with E-state index in [9.17, 15) is 13.2 Å². The molecule has 0 unspecified atom stereocenters. The molecular formula is C18H23N5O3S. The van der Waals surface area contributed by atoms with Crippen LogP contribution >= 0.6 is 0 Å². The van der Waals surface area contributed by atoms with Gasteiger partial charge >= 0.3 is 0 Å². The second kappa shape index (κ2) is 8.01. The highest BCUT2D eigenvalue weighted by atomic mass is 32.2. The van der Waals surface area contributed by atoms with Gasteiger partial charge in [0.1, 0.15) is 0 Å². The first-order chi connectivity index (χ1) is 12.9. The molecule has 3 rings (SSSR count). The summed E-state index contributed by atoms with van der Waals surface area (Å²) in [7, 11) is -0.558. The van der Waals surface area contributed by atoms with Crippen molar-refractivity contribution in [1.82, 2.24) is 19.6 Å². The molecule has 2 heterocycles. The van der Waals surface area contributed by atoms with E-state index in [0.29, 0.717) is 18.1 Å². The number of rotatable bonds is 6. The van der Waals surface area contributed by atoms with Gasteiger partial charge in [-0.05, 0) is 43.2 Å². The number of hydrogen-bond acceptors (Lipinski definition) is 6. The van der Waals surface area contributed by atoms with E-state index in [-0.39, 0.29) is 16.8 Å². The maximum Gasteiger partial charge on any atom is 0.251 e. The van der Waals surface area contributed by atoms with Crippen molar-refractivity contribution in [1.29, 1.82) is 0 Å². The van der Waals surface area contributed by atoms with Gasteiger partial charge in [0.2, 0.25) is 16.0 Å². The summed E-state index contributed by atoms with van der Waals surface area (Å²) in [5.74, 6) is 0.442. The Morgan fingerprint density at radius 2 is 1.89 bits per heavy atom. The molecule has 1 saturated heterocycles. The van der Waals surface area contributed by atoms with Crippen molar-refractivity contribution in [3.05, 3.63) is 48.3 Å². The van der Waals surface area contributed by atoms with Crippen molar-refractivity contribution in [2.45, 2.75) is 23.8 Å². The minimum Gasteiger partial charge on any atom is -0.350 e. The van der Waals surface area contributed by atoms with Gasteiger partial charge in [-0.25, -0.2) is 22.7 Å². The highest BCUT2D eigenvalue weighted by Crippen LogP contribution is 2.21. The summed E-state index contributed by atoms with van der Waals surface area (Å²) >= 11 is 0. The molecule has 1 aliphatic rings. The number of hydrogen-bond donors (Lipinski definition) is 1. The van der Waals surface area contributed by atoms with Gasteiger partial charge in [0, 0.05) is 51.2 Å². The van der Waals surface area contributed by atoms with Crippen LogP contribution in [-0.4, -0.2) is 61.8 Å². The van der Waals surface area contributed by atoms with Crippen LogP contribution in [0.1, 0.15) is 23.2 Å². The van der Waals surface area contributed by atoms with E-state index in [1.165, 1.54) is 38.4 Å². The monoisotopic (exact) mass is 389 g/mol. The fourth-order valence-electron chi connectivity index (χ4n) is 3.05. The molecule has 0 spiro atoms. The second-order valence-electron chi connectivity index (χ2n) is 6.56. The molecule has 1 aliphatic heterocycles. The lowest BCUT2D eigenvalue weighted by atomic mass is 10.2. The Balaban J connectivity index is 1.62. The summed E-state index contributed by atoms with van der Waals surface area (Å²) in [6.07, 6.45) is 5.40. The molecule has 8 nitrogen and oxygen atoms in total.